The van der Waals surface area contributed by atoms with E-state index in [9.17, 15) is 9.59 Å². The Hall–Kier alpha value is -0.734. The normalized spacial score (nSPS) is 13.5. The summed E-state index contributed by atoms with van der Waals surface area (Å²) in [6.07, 6.45) is 3.54. The second-order valence-corrected chi connectivity index (χ2v) is 3.90. The van der Waals surface area contributed by atoms with E-state index in [-0.39, 0.29) is 85.1 Å². The van der Waals surface area contributed by atoms with Crippen molar-refractivity contribution < 1.29 is 61.0 Å². The Morgan fingerprint density at radius 3 is 2.35 bits per heavy atom. The van der Waals surface area contributed by atoms with Crippen molar-refractivity contribution in [3.05, 3.63) is 38.1 Å². The number of rotatable bonds is 2. The molecule has 1 N–H and O–H groups in total. The minimum Gasteiger partial charge on any atom is -0.358 e. The molecular formula is C16H25KN4O2-2. The number of anilines is 1. The molecule has 1 aromatic heterocycles. The van der Waals surface area contributed by atoms with Crippen molar-refractivity contribution in [3.8, 4) is 0 Å². The molecule has 0 bridgehead atoms. The Morgan fingerprint density at radius 1 is 1.30 bits per heavy atom. The first kappa shape index (κ1) is 27.1. The van der Waals surface area contributed by atoms with Crippen LogP contribution in [0.2, 0.25) is 0 Å². The second kappa shape index (κ2) is 12.7. The van der Waals surface area contributed by atoms with E-state index in [1.54, 1.807) is 23.9 Å². The maximum atomic E-state index is 11.7. The largest absolute Gasteiger partial charge is 1.00 e. The van der Waals surface area contributed by atoms with E-state index in [1.807, 2.05) is 13.8 Å². The average Bonchev–Trinajstić information content (AvgIpc) is 2.70. The van der Waals surface area contributed by atoms with Gasteiger partial charge in [0.25, 0.3) is 0 Å². The van der Waals surface area contributed by atoms with Crippen LogP contribution in [-0.4, -0.2) is 28.3 Å². The summed E-state index contributed by atoms with van der Waals surface area (Å²) in [4.78, 5) is 24.1. The minimum atomic E-state index is -0.499. The molecule has 0 aliphatic carbocycles. The van der Waals surface area contributed by atoms with Gasteiger partial charge in [0.15, 0.2) is 0 Å². The number of carbonyl (C=O) groups excluding carboxylic acids is 2. The van der Waals surface area contributed by atoms with Crippen LogP contribution in [0, 0.1) is 14.9 Å². The first-order valence-electron chi connectivity index (χ1n) is 6.44. The van der Waals surface area contributed by atoms with E-state index in [0.29, 0.717) is 16.4 Å². The third kappa shape index (κ3) is 6.35. The third-order valence-electron chi connectivity index (χ3n) is 2.70. The fraction of sp³-hybridized carbons (Fsp3) is 0.312. The Labute approximate surface area is 181 Å². The molecule has 124 valence electrons. The molecule has 23 heavy (non-hydrogen) atoms. The van der Waals surface area contributed by atoms with Crippen LogP contribution in [0.3, 0.4) is 0 Å². The van der Waals surface area contributed by atoms with Crippen LogP contribution in [0.4, 0.5) is 10.6 Å². The molecule has 1 aliphatic rings. The molecule has 0 aromatic carbocycles. The van der Waals surface area contributed by atoms with Crippen molar-refractivity contribution >= 4 is 30.4 Å². The average molecular weight is 345 g/mol. The SMILES string of the molecule is CC.[CH-]=c1c(N2CCC(=O)NC2=O)nn(C)/c1=C/C=C.[CH3-].[CH3-].[K+]. The van der Waals surface area contributed by atoms with Crippen LogP contribution in [0.5, 0.6) is 0 Å². The van der Waals surface area contributed by atoms with E-state index in [1.165, 1.54) is 4.90 Å². The van der Waals surface area contributed by atoms with Gasteiger partial charge < -0.3 is 24.4 Å². The van der Waals surface area contributed by atoms with Crippen LogP contribution in [0.25, 0.3) is 12.7 Å². The Morgan fingerprint density at radius 2 is 1.87 bits per heavy atom. The summed E-state index contributed by atoms with van der Waals surface area (Å²) in [6, 6.07) is -0.499. The van der Waals surface area contributed by atoms with Crippen LogP contribution in [0.1, 0.15) is 20.3 Å². The van der Waals surface area contributed by atoms with Crippen LogP contribution < -0.4 is 72.2 Å². The van der Waals surface area contributed by atoms with Crippen molar-refractivity contribution in [2.24, 2.45) is 7.05 Å². The van der Waals surface area contributed by atoms with Gasteiger partial charge in [0, 0.05) is 20.0 Å². The van der Waals surface area contributed by atoms with E-state index in [2.05, 4.69) is 17.0 Å². The summed E-state index contributed by atoms with van der Waals surface area (Å²) in [7, 11) is 1.72. The number of allylic oxidation sites excluding steroid dienone is 1. The topological polar surface area (TPSA) is 67.2 Å². The number of urea groups is 1. The molecule has 7 heteroatoms. The molecular weight excluding hydrogens is 319 g/mol. The maximum absolute atomic E-state index is 11.7. The standard InChI is InChI=1S/C12H13N4O2.C2H6.2CH3.K/c1-4-5-9-8(2)11(14-15(9)3)16-7-6-10(17)13-12(16)18;1-2;;;/h2,4-5H,1,6-7H2,3H3,(H,13,17,18);1-2H3;2*1H3;/q-1;;2*-1;+1/b9-5+;;;;. The van der Waals surface area contributed by atoms with Crippen molar-refractivity contribution in [3.63, 3.8) is 0 Å². The summed E-state index contributed by atoms with van der Waals surface area (Å²) in [6.45, 7) is 13.8. The van der Waals surface area contributed by atoms with Gasteiger partial charge in [-0.2, -0.15) is 0 Å². The number of carbonyl (C=O) groups is 2. The molecule has 1 saturated heterocycles. The van der Waals surface area contributed by atoms with Gasteiger partial charge in [-0.25, -0.2) is 16.5 Å². The molecule has 2 heterocycles. The monoisotopic (exact) mass is 344 g/mol. The number of hydrogen-bond acceptors (Lipinski definition) is 3. The summed E-state index contributed by atoms with van der Waals surface area (Å²) in [5.41, 5.74) is 0. The molecule has 6 nitrogen and oxygen atoms in total. The van der Waals surface area contributed by atoms with Crippen molar-refractivity contribution in [2.75, 3.05) is 11.4 Å². The van der Waals surface area contributed by atoms with Gasteiger partial charge in [-0.05, 0) is 5.35 Å². The number of nitrogens with one attached hydrogen (secondary N) is 1. The summed E-state index contributed by atoms with van der Waals surface area (Å²) < 4.78 is 1.57. The van der Waals surface area contributed by atoms with E-state index in [0.717, 1.165) is 0 Å². The number of aromatic nitrogens is 2. The minimum absolute atomic E-state index is 0. The zero-order chi connectivity index (χ0) is 15.3. The van der Waals surface area contributed by atoms with Crippen molar-refractivity contribution in [1.82, 2.24) is 15.1 Å². The molecule has 0 radical (unpaired) electrons. The van der Waals surface area contributed by atoms with Crippen molar-refractivity contribution in [2.45, 2.75) is 20.3 Å². The fourth-order valence-electron chi connectivity index (χ4n) is 1.81. The Kier molecular flexibility index (Phi) is 14.9. The molecule has 0 unspecified atom stereocenters. The van der Waals surface area contributed by atoms with Gasteiger partial charge in [-0.15, -0.1) is 11.8 Å². The summed E-state index contributed by atoms with van der Waals surface area (Å²) in [5.74, 6) is 0.0687. The Bertz CT molecular complexity index is 637. The molecule has 1 aliphatic heterocycles. The van der Waals surface area contributed by atoms with Crippen LogP contribution >= 0.6 is 0 Å². The predicted molar refractivity (Wildman–Crippen MR) is 91.3 cm³/mol. The second-order valence-electron chi connectivity index (χ2n) is 3.90. The third-order valence-corrected chi connectivity index (χ3v) is 2.70. The first-order valence-corrected chi connectivity index (χ1v) is 6.44. The number of aryl methyl sites for hydroxylation is 1. The van der Waals surface area contributed by atoms with E-state index >= 15 is 0 Å². The van der Waals surface area contributed by atoms with Crippen LogP contribution in [0.15, 0.2) is 12.7 Å². The van der Waals surface area contributed by atoms with E-state index in [4.69, 9.17) is 6.58 Å². The van der Waals surface area contributed by atoms with E-state index < -0.39 is 6.03 Å². The molecule has 0 saturated carbocycles. The van der Waals surface area contributed by atoms with Gasteiger partial charge in [-0.1, -0.05) is 26.0 Å². The maximum Gasteiger partial charge on any atom is 1.00 e. The molecule has 1 fully saturated rings. The smallest absolute Gasteiger partial charge is 0.358 e. The number of imide groups is 1. The summed E-state index contributed by atoms with van der Waals surface area (Å²) in [5, 5.41) is 7.48. The molecule has 2 rings (SSSR count). The first-order chi connectivity index (χ1) is 9.54. The molecule has 0 atom stereocenters. The number of hydrogen-bond donors (Lipinski definition) is 1. The number of amides is 3. The van der Waals surface area contributed by atoms with Crippen molar-refractivity contribution in [1.29, 1.82) is 0 Å². The zero-order valence-corrected chi connectivity index (χ0v) is 18.1. The van der Waals surface area contributed by atoms with Gasteiger partial charge in [0.1, 0.15) is 0 Å². The predicted octanol–water partition coefficient (Wildman–Crippen LogP) is -1.95. The fourth-order valence-corrected chi connectivity index (χ4v) is 1.81. The molecule has 0 spiro atoms. The quantitative estimate of drug-likeness (QED) is 0.501. The van der Waals surface area contributed by atoms with Gasteiger partial charge >= 0.3 is 57.4 Å². The Balaban J connectivity index is -0.000000770. The van der Waals surface area contributed by atoms with Crippen LogP contribution in [-0.2, 0) is 11.8 Å². The summed E-state index contributed by atoms with van der Waals surface area (Å²) >= 11 is 0. The van der Waals surface area contributed by atoms with Gasteiger partial charge in [0.05, 0.1) is 5.82 Å². The van der Waals surface area contributed by atoms with Gasteiger partial charge in [0.2, 0.25) is 5.91 Å². The number of nitrogens with zero attached hydrogens (tertiary/aromatic N) is 3. The molecule has 1 aromatic rings. The van der Waals surface area contributed by atoms with Gasteiger partial charge in [-0.3, -0.25) is 10.1 Å². The molecule has 3 amide bonds. The zero-order valence-electron chi connectivity index (χ0n) is 15.0.